The van der Waals surface area contributed by atoms with Gasteiger partial charge in [0.1, 0.15) is 5.82 Å². The van der Waals surface area contributed by atoms with Gasteiger partial charge in [0.05, 0.1) is 17.6 Å². The van der Waals surface area contributed by atoms with Crippen molar-refractivity contribution >= 4 is 11.0 Å². The van der Waals surface area contributed by atoms with Gasteiger partial charge in [0.2, 0.25) is 5.88 Å². The summed E-state index contributed by atoms with van der Waals surface area (Å²) < 4.78 is 6.01. The van der Waals surface area contributed by atoms with E-state index >= 15 is 0 Å². The van der Waals surface area contributed by atoms with Crippen molar-refractivity contribution in [3.05, 3.63) is 41.6 Å². The zero-order chi connectivity index (χ0) is 22.7. The third kappa shape index (κ3) is 5.50. The summed E-state index contributed by atoms with van der Waals surface area (Å²) in [5, 5.41) is 0. The molecule has 0 atom stereocenters. The smallest absolute Gasteiger partial charge is 0.213 e. The summed E-state index contributed by atoms with van der Waals surface area (Å²) >= 11 is 0. The Morgan fingerprint density at radius 1 is 1.12 bits per heavy atom. The van der Waals surface area contributed by atoms with Crippen LogP contribution in [-0.4, -0.2) is 46.6 Å². The lowest BCUT2D eigenvalue weighted by Crippen LogP contribution is -2.30. The topological polar surface area (TPSA) is 54.0 Å². The highest BCUT2D eigenvalue weighted by Gasteiger charge is 2.17. The van der Waals surface area contributed by atoms with Crippen LogP contribution in [0.25, 0.3) is 22.4 Å². The maximum Gasteiger partial charge on any atom is 0.213 e. The summed E-state index contributed by atoms with van der Waals surface area (Å²) in [6.07, 6.45) is 8.20. The lowest BCUT2D eigenvalue weighted by Gasteiger charge is -2.28. The second kappa shape index (κ2) is 9.62. The first-order chi connectivity index (χ1) is 15.3. The van der Waals surface area contributed by atoms with E-state index in [1.807, 2.05) is 12.3 Å². The van der Waals surface area contributed by atoms with Crippen LogP contribution in [0.2, 0.25) is 0 Å². The molecule has 1 aromatic carbocycles. The molecule has 1 aliphatic rings. The van der Waals surface area contributed by atoms with Gasteiger partial charge < -0.3 is 14.6 Å². The Morgan fingerprint density at radius 3 is 2.66 bits per heavy atom. The molecule has 0 aliphatic carbocycles. The minimum atomic E-state index is 0.112. The number of hydrogen-bond acceptors (Lipinski definition) is 4. The third-order valence-electron chi connectivity index (χ3n) is 6.78. The fourth-order valence-corrected chi connectivity index (χ4v) is 4.50. The molecular weight excluding hydrogens is 396 g/mol. The van der Waals surface area contributed by atoms with E-state index in [1.165, 1.54) is 44.3 Å². The molecule has 172 valence electrons. The van der Waals surface area contributed by atoms with E-state index < -0.39 is 0 Å². The van der Waals surface area contributed by atoms with E-state index in [9.17, 15) is 0 Å². The first-order valence-electron chi connectivity index (χ1n) is 12.1. The van der Waals surface area contributed by atoms with Crippen molar-refractivity contribution in [1.82, 2.24) is 19.9 Å². The third-order valence-corrected chi connectivity index (χ3v) is 6.78. The van der Waals surface area contributed by atoms with Gasteiger partial charge in [-0.25, -0.2) is 9.97 Å². The predicted octanol–water partition coefficient (Wildman–Crippen LogP) is 6.12. The van der Waals surface area contributed by atoms with Crippen molar-refractivity contribution in [3.63, 3.8) is 0 Å². The Hall–Kier alpha value is -2.40. The lowest BCUT2D eigenvalue weighted by molar-refractivity contribution is 0.205. The molecule has 0 unspecified atom stereocenters. The minimum absolute atomic E-state index is 0.112. The number of benzene rings is 1. The number of pyridine rings is 1. The summed E-state index contributed by atoms with van der Waals surface area (Å²) in [7, 11) is 2.22. The van der Waals surface area contributed by atoms with Gasteiger partial charge in [0, 0.05) is 17.8 Å². The number of rotatable bonds is 7. The van der Waals surface area contributed by atoms with Crippen LogP contribution >= 0.6 is 0 Å². The van der Waals surface area contributed by atoms with Gasteiger partial charge in [-0.05, 0) is 87.3 Å². The molecule has 5 nitrogen and oxygen atoms in total. The van der Waals surface area contributed by atoms with Crippen LogP contribution < -0.4 is 4.74 Å². The van der Waals surface area contributed by atoms with Crippen LogP contribution in [0, 0.1) is 12.8 Å². The second-order valence-electron chi connectivity index (χ2n) is 10.5. The quantitative estimate of drug-likeness (QED) is 0.455. The number of nitrogens with one attached hydrogen (secondary N) is 1. The normalized spacial score (nSPS) is 16.0. The first kappa shape index (κ1) is 22.8. The monoisotopic (exact) mass is 434 g/mol. The number of H-pyrrole nitrogens is 1. The van der Waals surface area contributed by atoms with Crippen LogP contribution in [0.1, 0.15) is 64.0 Å². The number of fused-ring (bicyclic) bond motifs is 1. The highest BCUT2D eigenvalue weighted by Crippen LogP contribution is 2.29. The SMILES string of the molecule is Cc1cnc(OCCCCC2CCN(C)CC2)cc1-c1nc2ccc(C(C)(C)C)cc2[nH]1. The summed E-state index contributed by atoms with van der Waals surface area (Å²) in [5.74, 6) is 2.45. The van der Waals surface area contributed by atoms with E-state index in [1.54, 1.807) is 0 Å². The maximum absolute atomic E-state index is 6.01. The van der Waals surface area contributed by atoms with E-state index in [-0.39, 0.29) is 5.41 Å². The molecule has 1 N–H and O–H groups in total. The van der Waals surface area contributed by atoms with Crippen LogP contribution in [0.5, 0.6) is 5.88 Å². The molecule has 1 fully saturated rings. The summed E-state index contributed by atoms with van der Waals surface area (Å²) in [6, 6.07) is 8.51. The largest absolute Gasteiger partial charge is 0.478 e. The first-order valence-corrected chi connectivity index (χ1v) is 12.1. The average Bonchev–Trinajstić information content (AvgIpc) is 3.18. The van der Waals surface area contributed by atoms with Crippen LogP contribution in [0.3, 0.4) is 0 Å². The number of piperidine rings is 1. The minimum Gasteiger partial charge on any atom is -0.478 e. The van der Waals surface area contributed by atoms with Crippen molar-refractivity contribution in [2.45, 2.75) is 65.2 Å². The fraction of sp³-hybridized carbons (Fsp3) is 0.556. The fourth-order valence-electron chi connectivity index (χ4n) is 4.50. The molecule has 5 heteroatoms. The molecule has 0 amide bonds. The van der Waals surface area contributed by atoms with Crippen LogP contribution in [0.4, 0.5) is 0 Å². The Labute approximate surface area is 192 Å². The molecule has 1 saturated heterocycles. The molecule has 0 spiro atoms. The van der Waals surface area contributed by atoms with Crippen molar-refractivity contribution in [2.24, 2.45) is 5.92 Å². The average molecular weight is 435 g/mol. The Bertz CT molecular complexity index is 1040. The van der Waals surface area contributed by atoms with Crippen molar-refractivity contribution in [3.8, 4) is 17.3 Å². The van der Waals surface area contributed by atoms with Gasteiger partial charge in [-0.3, -0.25) is 0 Å². The molecule has 32 heavy (non-hydrogen) atoms. The zero-order valence-electron chi connectivity index (χ0n) is 20.4. The standard InChI is InChI=1S/C27H38N4O/c1-19-18-28-25(32-15-7-6-8-20-11-13-31(5)14-12-20)17-22(19)26-29-23-10-9-21(27(2,3)4)16-24(23)30-26/h9-10,16-18,20H,6-8,11-15H2,1-5H3,(H,29,30). The highest BCUT2D eigenvalue weighted by atomic mass is 16.5. The van der Waals surface area contributed by atoms with Crippen molar-refractivity contribution < 1.29 is 4.74 Å². The number of ether oxygens (including phenoxy) is 1. The number of aryl methyl sites for hydroxylation is 1. The Morgan fingerprint density at radius 2 is 1.91 bits per heavy atom. The van der Waals surface area contributed by atoms with Crippen LogP contribution in [-0.2, 0) is 5.41 Å². The van der Waals surface area contributed by atoms with E-state index in [2.05, 4.69) is 67.8 Å². The van der Waals surface area contributed by atoms with Crippen LogP contribution in [0.15, 0.2) is 30.5 Å². The van der Waals surface area contributed by atoms with E-state index in [4.69, 9.17) is 9.72 Å². The van der Waals surface area contributed by atoms with E-state index in [0.29, 0.717) is 5.88 Å². The van der Waals surface area contributed by atoms with Gasteiger partial charge >= 0.3 is 0 Å². The predicted molar refractivity (Wildman–Crippen MR) is 132 cm³/mol. The number of hydrogen-bond donors (Lipinski definition) is 1. The Balaban J connectivity index is 1.37. The number of imidazole rings is 1. The Kier molecular flexibility index (Phi) is 6.85. The maximum atomic E-state index is 6.01. The molecule has 1 aliphatic heterocycles. The van der Waals surface area contributed by atoms with E-state index in [0.717, 1.165) is 46.9 Å². The second-order valence-corrected chi connectivity index (χ2v) is 10.5. The molecule has 3 heterocycles. The van der Waals surface area contributed by atoms with Crippen molar-refractivity contribution in [2.75, 3.05) is 26.7 Å². The number of likely N-dealkylation sites (tertiary alicyclic amines) is 1. The van der Waals surface area contributed by atoms with Gasteiger partial charge in [0.15, 0.2) is 0 Å². The van der Waals surface area contributed by atoms with Gasteiger partial charge in [-0.15, -0.1) is 0 Å². The molecule has 0 saturated carbocycles. The molecule has 0 radical (unpaired) electrons. The summed E-state index contributed by atoms with van der Waals surface area (Å²) in [5.41, 5.74) is 5.61. The lowest BCUT2D eigenvalue weighted by atomic mass is 9.87. The zero-order valence-corrected chi connectivity index (χ0v) is 20.4. The number of aromatic nitrogens is 3. The number of unbranched alkanes of at least 4 members (excludes halogenated alkanes) is 1. The number of aromatic amines is 1. The number of nitrogens with zero attached hydrogens (tertiary/aromatic N) is 3. The van der Waals surface area contributed by atoms with Crippen molar-refractivity contribution in [1.29, 1.82) is 0 Å². The van der Waals surface area contributed by atoms with Gasteiger partial charge in [0.25, 0.3) is 0 Å². The molecule has 2 aromatic heterocycles. The van der Waals surface area contributed by atoms with Gasteiger partial charge in [-0.1, -0.05) is 33.3 Å². The summed E-state index contributed by atoms with van der Waals surface area (Å²) in [4.78, 5) is 15.3. The summed E-state index contributed by atoms with van der Waals surface area (Å²) in [6.45, 7) is 12.0. The molecule has 0 bridgehead atoms. The molecule has 4 rings (SSSR count). The molecular formula is C27H38N4O. The highest BCUT2D eigenvalue weighted by molar-refractivity contribution is 5.81. The van der Waals surface area contributed by atoms with Gasteiger partial charge in [-0.2, -0.15) is 0 Å². The molecule has 3 aromatic rings.